The summed E-state index contributed by atoms with van der Waals surface area (Å²) in [5.41, 5.74) is 6.71. The zero-order chi connectivity index (χ0) is 6.69. The molecule has 0 radical (unpaired) electrons. The Labute approximate surface area is 54.3 Å². The van der Waals surface area contributed by atoms with E-state index in [4.69, 9.17) is 11.0 Å². The molecule has 0 unspecified atom stereocenters. The average Bonchev–Trinajstić information content (AvgIpc) is 1.89. The normalized spacial score (nSPS) is 17.7. The Balaban J connectivity index is 2.83. The fourth-order valence-electron chi connectivity index (χ4n) is 0.805. The maximum absolute atomic E-state index is 8.42. The largest absolute Gasteiger partial charge is 0.398 e. The molecular weight excluding hydrogens is 112 g/mol. The molecule has 0 amide bonds. The molecule has 1 rings (SSSR count). The van der Waals surface area contributed by atoms with Crippen LogP contribution in [-0.2, 0) is 0 Å². The van der Waals surface area contributed by atoms with E-state index in [0.717, 1.165) is 12.8 Å². The molecule has 1 aliphatic rings. The van der Waals surface area contributed by atoms with Gasteiger partial charge in [0.2, 0.25) is 0 Å². The van der Waals surface area contributed by atoms with Gasteiger partial charge in [-0.1, -0.05) is 12.2 Å². The van der Waals surface area contributed by atoms with Gasteiger partial charge in [-0.05, 0) is 12.8 Å². The lowest BCUT2D eigenvalue weighted by atomic mass is 10.1. The van der Waals surface area contributed by atoms with Crippen molar-refractivity contribution < 1.29 is 0 Å². The predicted molar refractivity (Wildman–Crippen MR) is 35.2 cm³/mol. The molecule has 2 N–H and O–H groups in total. The Bertz CT molecular complexity index is 205. The molecule has 0 fully saturated rings. The summed E-state index contributed by atoms with van der Waals surface area (Å²) in [5, 5.41) is 8.42. The monoisotopic (exact) mass is 120 g/mol. The summed E-state index contributed by atoms with van der Waals surface area (Å²) in [4.78, 5) is 0. The number of allylic oxidation sites excluding steroid dienone is 3. The SMILES string of the molecule is N#CC1=CCCC=C1N. The number of nitrogens with two attached hydrogens (primary N) is 1. The van der Waals surface area contributed by atoms with Crippen molar-refractivity contribution in [1.82, 2.24) is 0 Å². The first kappa shape index (κ1) is 5.90. The average molecular weight is 120 g/mol. The molecule has 0 aromatic heterocycles. The molecule has 2 heteroatoms. The predicted octanol–water partition coefficient (Wildman–Crippen LogP) is 1.07. The van der Waals surface area contributed by atoms with Crippen LogP contribution in [0.4, 0.5) is 0 Å². The molecule has 0 saturated heterocycles. The van der Waals surface area contributed by atoms with Crippen LogP contribution in [0.1, 0.15) is 12.8 Å². The van der Waals surface area contributed by atoms with Gasteiger partial charge in [-0.25, -0.2) is 0 Å². The van der Waals surface area contributed by atoms with Gasteiger partial charge in [-0.3, -0.25) is 0 Å². The highest BCUT2D eigenvalue weighted by Crippen LogP contribution is 2.12. The van der Waals surface area contributed by atoms with E-state index in [1.54, 1.807) is 0 Å². The van der Waals surface area contributed by atoms with Gasteiger partial charge < -0.3 is 5.73 Å². The maximum atomic E-state index is 8.42. The first-order valence-corrected chi connectivity index (χ1v) is 2.91. The minimum atomic E-state index is 0.626. The number of nitrogens with zero attached hydrogens (tertiary/aromatic N) is 1. The summed E-state index contributed by atoms with van der Waals surface area (Å²) in [6.07, 6.45) is 5.68. The van der Waals surface area contributed by atoms with Crippen molar-refractivity contribution in [2.24, 2.45) is 5.73 Å². The van der Waals surface area contributed by atoms with Crippen molar-refractivity contribution in [3.63, 3.8) is 0 Å². The molecule has 0 saturated carbocycles. The van der Waals surface area contributed by atoms with E-state index in [1.165, 1.54) is 0 Å². The van der Waals surface area contributed by atoms with Crippen LogP contribution in [0.15, 0.2) is 23.4 Å². The third-order valence-corrected chi connectivity index (χ3v) is 1.31. The molecule has 0 bridgehead atoms. The van der Waals surface area contributed by atoms with Crippen LogP contribution in [0.2, 0.25) is 0 Å². The molecule has 0 spiro atoms. The molecule has 1 aliphatic carbocycles. The first-order valence-electron chi connectivity index (χ1n) is 2.91. The van der Waals surface area contributed by atoms with Crippen LogP contribution in [0.3, 0.4) is 0 Å². The molecule has 0 aliphatic heterocycles. The third kappa shape index (κ3) is 1.11. The second-order valence-corrected chi connectivity index (χ2v) is 1.97. The summed E-state index contributed by atoms with van der Waals surface area (Å²) >= 11 is 0. The number of hydrogen-bond donors (Lipinski definition) is 1. The van der Waals surface area contributed by atoms with Gasteiger partial charge >= 0.3 is 0 Å². The lowest BCUT2D eigenvalue weighted by Crippen LogP contribution is -2.02. The van der Waals surface area contributed by atoms with Crippen molar-refractivity contribution >= 4 is 0 Å². The van der Waals surface area contributed by atoms with Crippen LogP contribution >= 0.6 is 0 Å². The van der Waals surface area contributed by atoms with Crippen molar-refractivity contribution in [1.29, 1.82) is 5.26 Å². The molecule has 2 nitrogen and oxygen atoms in total. The Morgan fingerprint density at radius 1 is 1.44 bits per heavy atom. The Morgan fingerprint density at radius 3 is 2.56 bits per heavy atom. The van der Waals surface area contributed by atoms with Crippen molar-refractivity contribution in [3.05, 3.63) is 23.4 Å². The summed E-state index contributed by atoms with van der Waals surface area (Å²) in [7, 11) is 0. The van der Waals surface area contributed by atoms with E-state index in [1.807, 2.05) is 18.2 Å². The number of hydrogen-bond acceptors (Lipinski definition) is 2. The van der Waals surface area contributed by atoms with E-state index in [0.29, 0.717) is 11.3 Å². The van der Waals surface area contributed by atoms with Gasteiger partial charge in [0.25, 0.3) is 0 Å². The molecular formula is C7H8N2. The lowest BCUT2D eigenvalue weighted by Gasteiger charge is -2.03. The fourth-order valence-corrected chi connectivity index (χ4v) is 0.805. The van der Waals surface area contributed by atoms with Crippen LogP contribution in [0.25, 0.3) is 0 Å². The molecule has 0 atom stereocenters. The highest BCUT2D eigenvalue weighted by Gasteiger charge is 2.01. The molecule has 0 heterocycles. The first-order chi connectivity index (χ1) is 4.34. The van der Waals surface area contributed by atoms with Crippen LogP contribution < -0.4 is 5.73 Å². The third-order valence-electron chi connectivity index (χ3n) is 1.31. The highest BCUT2D eigenvalue weighted by atomic mass is 14.6. The van der Waals surface area contributed by atoms with Gasteiger partial charge in [-0.2, -0.15) is 5.26 Å². The van der Waals surface area contributed by atoms with E-state index >= 15 is 0 Å². The summed E-state index contributed by atoms with van der Waals surface area (Å²) in [6, 6.07) is 2.02. The Morgan fingerprint density at radius 2 is 2.11 bits per heavy atom. The Hall–Kier alpha value is -1.23. The van der Waals surface area contributed by atoms with E-state index in [9.17, 15) is 0 Å². The summed E-state index contributed by atoms with van der Waals surface area (Å²) < 4.78 is 0. The van der Waals surface area contributed by atoms with Gasteiger partial charge in [0.05, 0.1) is 5.57 Å². The van der Waals surface area contributed by atoms with Gasteiger partial charge in [-0.15, -0.1) is 0 Å². The quantitative estimate of drug-likeness (QED) is 0.520. The van der Waals surface area contributed by atoms with Gasteiger partial charge in [0.15, 0.2) is 0 Å². The van der Waals surface area contributed by atoms with E-state index in [2.05, 4.69) is 0 Å². The smallest absolute Gasteiger partial charge is 0.101 e. The topological polar surface area (TPSA) is 49.8 Å². The molecule has 0 aromatic rings. The van der Waals surface area contributed by atoms with Crippen molar-refractivity contribution in [2.75, 3.05) is 0 Å². The standard InChI is InChI=1S/C7H8N2/c8-5-6-3-1-2-4-7(6)9/h3-4H,1-2,9H2. The zero-order valence-corrected chi connectivity index (χ0v) is 5.09. The van der Waals surface area contributed by atoms with Crippen molar-refractivity contribution in [2.45, 2.75) is 12.8 Å². The lowest BCUT2D eigenvalue weighted by molar-refractivity contribution is 0.995. The molecule has 46 valence electrons. The second-order valence-electron chi connectivity index (χ2n) is 1.97. The van der Waals surface area contributed by atoms with E-state index in [-0.39, 0.29) is 0 Å². The van der Waals surface area contributed by atoms with Crippen molar-refractivity contribution in [3.8, 4) is 6.07 Å². The number of nitriles is 1. The van der Waals surface area contributed by atoms with Gasteiger partial charge in [0, 0.05) is 5.70 Å². The van der Waals surface area contributed by atoms with Crippen LogP contribution in [0.5, 0.6) is 0 Å². The minimum Gasteiger partial charge on any atom is -0.398 e. The number of rotatable bonds is 0. The summed E-state index contributed by atoms with van der Waals surface area (Å²) in [6.45, 7) is 0. The van der Waals surface area contributed by atoms with E-state index < -0.39 is 0 Å². The highest BCUT2D eigenvalue weighted by molar-refractivity contribution is 5.41. The van der Waals surface area contributed by atoms with Crippen LogP contribution in [0, 0.1) is 11.3 Å². The Kier molecular flexibility index (Phi) is 1.55. The molecule has 0 aromatic carbocycles. The minimum absolute atomic E-state index is 0.626. The second kappa shape index (κ2) is 2.36. The molecule has 9 heavy (non-hydrogen) atoms. The zero-order valence-electron chi connectivity index (χ0n) is 5.09. The van der Waals surface area contributed by atoms with Crippen LogP contribution in [-0.4, -0.2) is 0 Å². The van der Waals surface area contributed by atoms with Gasteiger partial charge in [0.1, 0.15) is 6.07 Å². The maximum Gasteiger partial charge on any atom is 0.101 e. The summed E-state index contributed by atoms with van der Waals surface area (Å²) in [5.74, 6) is 0. The fraction of sp³-hybridized carbons (Fsp3) is 0.286.